The molecule has 156 valence electrons. The van der Waals surface area contributed by atoms with E-state index < -0.39 is 0 Å². The Morgan fingerprint density at radius 2 is 1.90 bits per heavy atom. The number of carbonyl (C=O) groups is 1. The van der Waals surface area contributed by atoms with Crippen LogP contribution in [-0.4, -0.2) is 28.1 Å². The highest BCUT2D eigenvalue weighted by Crippen LogP contribution is 2.30. The first-order chi connectivity index (χ1) is 15.1. The first-order valence-corrected chi connectivity index (χ1v) is 10.0. The first-order valence-electron chi connectivity index (χ1n) is 9.50. The lowest BCUT2D eigenvalue weighted by Crippen LogP contribution is -2.14. The van der Waals surface area contributed by atoms with Crippen molar-refractivity contribution >= 4 is 23.2 Å². The molecule has 7 nitrogen and oxygen atoms in total. The maximum atomic E-state index is 13.1. The maximum absolute atomic E-state index is 13.1. The standard InChI is InChI=1S/C23H19ClN4O3/c1-14-20(21(28-31-14)15-6-4-3-5-7-15)22(29)26-19-11-10-18(27-23(19)30-2)16-8-9-17(12-24)25-13-16/h3-11,13H,12H2,1-2H3,(H,26,29). The van der Waals surface area contributed by atoms with Crippen LogP contribution in [0.15, 0.2) is 65.3 Å². The molecule has 0 unspecified atom stereocenters. The SMILES string of the molecule is COc1nc(-c2ccc(CCl)nc2)ccc1NC(=O)c1c(-c2ccccc2)noc1C. The highest BCUT2D eigenvalue weighted by molar-refractivity contribution is 6.16. The van der Waals surface area contributed by atoms with Crippen LogP contribution in [0.5, 0.6) is 5.88 Å². The topological polar surface area (TPSA) is 90.1 Å². The van der Waals surface area contributed by atoms with Crippen molar-refractivity contribution < 1.29 is 14.1 Å². The average molecular weight is 435 g/mol. The van der Waals surface area contributed by atoms with Crippen LogP contribution in [0.4, 0.5) is 5.69 Å². The molecule has 4 rings (SSSR count). The first kappa shape index (κ1) is 20.6. The smallest absolute Gasteiger partial charge is 0.261 e. The van der Waals surface area contributed by atoms with E-state index in [1.165, 1.54) is 7.11 Å². The Morgan fingerprint density at radius 1 is 1.10 bits per heavy atom. The molecule has 0 saturated heterocycles. The van der Waals surface area contributed by atoms with Gasteiger partial charge in [-0.2, -0.15) is 0 Å². The molecule has 3 aromatic heterocycles. The number of hydrogen-bond acceptors (Lipinski definition) is 6. The van der Waals surface area contributed by atoms with Crippen molar-refractivity contribution in [2.45, 2.75) is 12.8 Å². The number of pyridine rings is 2. The van der Waals surface area contributed by atoms with Crippen molar-refractivity contribution in [3.8, 4) is 28.4 Å². The van der Waals surface area contributed by atoms with Crippen molar-refractivity contribution in [3.05, 3.63) is 77.8 Å². The number of amides is 1. The summed E-state index contributed by atoms with van der Waals surface area (Å²) in [6.45, 7) is 1.70. The van der Waals surface area contributed by atoms with E-state index in [0.29, 0.717) is 34.3 Å². The molecule has 0 radical (unpaired) electrons. The predicted octanol–water partition coefficient (Wildman–Crippen LogP) is 5.11. The molecular weight excluding hydrogens is 416 g/mol. The third-order valence-corrected chi connectivity index (χ3v) is 4.97. The summed E-state index contributed by atoms with van der Waals surface area (Å²) in [5.41, 5.74) is 4.31. The van der Waals surface area contributed by atoms with Crippen molar-refractivity contribution in [2.75, 3.05) is 12.4 Å². The second-order valence-electron chi connectivity index (χ2n) is 6.71. The van der Waals surface area contributed by atoms with E-state index in [1.807, 2.05) is 42.5 Å². The number of hydrogen-bond donors (Lipinski definition) is 1. The molecule has 1 amide bonds. The van der Waals surface area contributed by atoms with E-state index in [9.17, 15) is 4.79 Å². The Morgan fingerprint density at radius 3 is 2.58 bits per heavy atom. The van der Waals surface area contributed by atoms with Crippen molar-refractivity contribution in [1.29, 1.82) is 0 Å². The second-order valence-corrected chi connectivity index (χ2v) is 6.97. The van der Waals surface area contributed by atoms with Crippen LogP contribution >= 0.6 is 11.6 Å². The van der Waals surface area contributed by atoms with Gasteiger partial charge in [-0.05, 0) is 31.2 Å². The zero-order valence-corrected chi connectivity index (χ0v) is 17.7. The van der Waals surface area contributed by atoms with Crippen LogP contribution in [-0.2, 0) is 5.88 Å². The summed E-state index contributed by atoms with van der Waals surface area (Å²) in [7, 11) is 1.50. The van der Waals surface area contributed by atoms with Gasteiger partial charge in [0.1, 0.15) is 22.7 Å². The molecular formula is C23H19ClN4O3. The molecule has 8 heteroatoms. The van der Waals surface area contributed by atoms with Gasteiger partial charge in [-0.25, -0.2) is 4.98 Å². The number of alkyl halides is 1. The number of anilines is 1. The molecule has 0 saturated carbocycles. The molecule has 0 bridgehead atoms. The lowest BCUT2D eigenvalue weighted by molar-refractivity contribution is 0.102. The quantitative estimate of drug-likeness (QED) is 0.424. The molecule has 0 atom stereocenters. The van der Waals surface area contributed by atoms with E-state index in [1.54, 1.807) is 25.3 Å². The van der Waals surface area contributed by atoms with E-state index in [0.717, 1.165) is 16.8 Å². The third kappa shape index (κ3) is 4.27. The lowest BCUT2D eigenvalue weighted by Gasteiger charge is -2.11. The van der Waals surface area contributed by atoms with Gasteiger partial charge in [-0.3, -0.25) is 9.78 Å². The monoisotopic (exact) mass is 434 g/mol. The van der Waals surface area contributed by atoms with Gasteiger partial charge in [0.15, 0.2) is 0 Å². The van der Waals surface area contributed by atoms with Crippen LogP contribution in [0.2, 0.25) is 0 Å². The van der Waals surface area contributed by atoms with Gasteiger partial charge >= 0.3 is 0 Å². The summed E-state index contributed by atoms with van der Waals surface area (Å²) in [5, 5.41) is 6.91. The minimum absolute atomic E-state index is 0.280. The zero-order valence-electron chi connectivity index (χ0n) is 16.9. The molecule has 1 N–H and O–H groups in total. The van der Waals surface area contributed by atoms with Crippen LogP contribution in [0.3, 0.4) is 0 Å². The molecule has 0 fully saturated rings. The number of nitrogens with zero attached hydrogens (tertiary/aromatic N) is 3. The number of rotatable bonds is 6. The summed E-state index contributed by atoms with van der Waals surface area (Å²) in [6.07, 6.45) is 1.70. The highest BCUT2D eigenvalue weighted by Gasteiger charge is 2.23. The molecule has 0 aliphatic rings. The van der Waals surface area contributed by atoms with E-state index in [4.69, 9.17) is 20.9 Å². The van der Waals surface area contributed by atoms with Gasteiger partial charge in [0.25, 0.3) is 5.91 Å². The number of halogens is 1. The van der Waals surface area contributed by atoms with E-state index >= 15 is 0 Å². The van der Waals surface area contributed by atoms with Crippen LogP contribution in [0, 0.1) is 6.92 Å². The number of methoxy groups -OCH3 is 1. The Labute approximate surface area is 184 Å². The summed E-state index contributed by atoms with van der Waals surface area (Å²) in [4.78, 5) is 21.9. The minimum atomic E-state index is -0.362. The van der Waals surface area contributed by atoms with Crippen LogP contribution in [0.1, 0.15) is 21.8 Å². The van der Waals surface area contributed by atoms with Crippen molar-refractivity contribution in [3.63, 3.8) is 0 Å². The minimum Gasteiger partial charge on any atom is -0.479 e. The second kappa shape index (κ2) is 8.97. The summed E-state index contributed by atoms with van der Waals surface area (Å²) >= 11 is 5.80. The van der Waals surface area contributed by atoms with Gasteiger partial charge in [-0.15, -0.1) is 11.6 Å². The average Bonchev–Trinajstić information content (AvgIpc) is 3.21. The van der Waals surface area contributed by atoms with Crippen molar-refractivity contribution in [1.82, 2.24) is 15.1 Å². The Hall–Kier alpha value is -3.71. The zero-order chi connectivity index (χ0) is 21.8. The Bertz CT molecular complexity index is 1210. The fraction of sp³-hybridized carbons (Fsp3) is 0.130. The molecule has 31 heavy (non-hydrogen) atoms. The summed E-state index contributed by atoms with van der Waals surface area (Å²) < 4.78 is 10.7. The van der Waals surface area contributed by atoms with Gasteiger partial charge in [-0.1, -0.05) is 35.5 Å². The molecule has 3 heterocycles. The Kier molecular flexibility index (Phi) is 5.95. The van der Waals surface area contributed by atoms with Gasteiger partial charge in [0, 0.05) is 17.3 Å². The number of benzene rings is 1. The summed E-state index contributed by atoms with van der Waals surface area (Å²) in [5.74, 6) is 0.682. The molecule has 1 aromatic carbocycles. The highest BCUT2D eigenvalue weighted by atomic mass is 35.5. The predicted molar refractivity (Wildman–Crippen MR) is 118 cm³/mol. The summed E-state index contributed by atoms with van der Waals surface area (Å²) in [6, 6.07) is 16.6. The lowest BCUT2D eigenvalue weighted by atomic mass is 10.1. The van der Waals surface area contributed by atoms with Crippen LogP contribution < -0.4 is 10.1 Å². The maximum Gasteiger partial charge on any atom is 0.261 e. The molecule has 4 aromatic rings. The molecule has 0 spiro atoms. The number of nitrogens with one attached hydrogen (secondary N) is 1. The fourth-order valence-electron chi connectivity index (χ4n) is 3.12. The van der Waals surface area contributed by atoms with E-state index in [2.05, 4.69) is 20.4 Å². The number of carbonyl (C=O) groups excluding carboxylic acids is 1. The van der Waals surface area contributed by atoms with Gasteiger partial charge < -0.3 is 14.6 Å². The van der Waals surface area contributed by atoms with Gasteiger partial charge in [0.2, 0.25) is 5.88 Å². The molecule has 0 aliphatic heterocycles. The van der Waals surface area contributed by atoms with Crippen molar-refractivity contribution in [2.24, 2.45) is 0 Å². The van der Waals surface area contributed by atoms with Crippen LogP contribution in [0.25, 0.3) is 22.5 Å². The molecule has 0 aliphatic carbocycles. The number of aryl methyl sites for hydroxylation is 1. The fourth-order valence-corrected chi connectivity index (χ4v) is 3.28. The van der Waals surface area contributed by atoms with E-state index in [-0.39, 0.29) is 11.8 Å². The number of aromatic nitrogens is 3. The normalized spacial score (nSPS) is 10.7. The van der Waals surface area contributed by atoms with Gasteiger partial charge in [0.05, 0.1) is 24.4 Å². The third-order valence-electron chi connectivity index (χ3n) is 4.70. The number of ether oxygens (including phenoxy) is 1. The largest absolute Gasteiger partial charge is 0.479 e. The Balaban J connectivity index is 1.63.